The van der Waals surface area contributed by atoms with Gasteiger partial charge in [0, 0.05) is 27.5 Å². The smallest absolute Gasteiger partial charge is 0.136 e. The third-order valence-corrected chi connectivity index (χ3v) is 15.3. The molecule has 0 amide bonds. The van der Waals surface area contributed by atoms with Crippen LogP contribution in [-0.2, 0) is 5.41 Å². The molecule has 2 aliphatic rings. The molecule has 2 aliphatic carbocycles. The second-order valence-corrected chi connectivity index (χ2v) is 18.6. The van der Waals surface area contributed by atoms with Gasteiger partial charge in [0.2, 0.25) is 0 Å². The van der Waals surface area contributed by atoms with Gasteiger partial charge in [0.05, 0.1) is 11.1 Å². The van der Waals surface area contributed by atoms with E-state index in [1.54, 1.807) is 0 Å². The minimum atomic E-state index is -0.409. The molecular weight excluding hydrogens is 835 g/mol. The second kappa shape index (κ2) is 14.5. The Morgan fingerprint density at radius 3 is 1.72 bits per heavy atom. The van der Waals surface area contributed by atoms with Gasteiger partial charge in [0.15, 0.2) is 0 Å². The second-order valence-electron chi connectivity index (χ2n) is 18.6. The molecule has 0 unspecified atom stereocenters. The van der Waals surface area contributed by atoms with Gasteiger partial charge >= 0.3 is 0 Å². The molecular formula is C67H41NO. The van der Waals surface area contributed by atoms with E-state index in [-0.39, 0.29) is 0 Å². The van der Waals surface area contributed by atoms with Crippen LogP contribution < -0.4 is 4.90 Å². The number of anilines is 3. The fourth-order valence-electron chi connectivity index (χ4n) is 12.5. The van der Waals surface area contributed by atoms with Crippen molar-refractivity contribution in [1.82, 2.24) is 0 Å². The van der Waals surface area contributed by atoms with E-state index in [0.29, 0.717) is 0 Å². The number of hydrogen-bond acceptors (Lipinski definition) is 2. The molecule has 1 aromatic heterocycles. The largest absolute Gasteiger partial charge is 0.456 e. The van der Waals surface area contributed by atoms with Crippen molar-refractivity contribution in [2.24, 2.45) is 0 Å². The highest BCUT2D eigenvalue weighted by Gasteiger charge is 2.52. The van der Waals surface area contributed by atoms with E-state index in [9.17, 15) is 0 Å². The molecule has 69 heavy (non-hydrogen) atoms. The van der Waals surface area contributed by atoms with E-state index in [4.69, 9.17) is 4.42 Å². The first-order valence-corrected chi connectivity index (χ1v) is 23.9. The maximum atomic E-state index is 6.66. The topological polar surface area (TPSA) is 16.4 Å². The van der Waals surface area contributed by atoms with Crippen LogP contribution in [0.1, 0.15) is 22.3 Å². The fourth-order valence-corrected chi connectivity index (χ4v) is 12.5. The summed E-state index contributed by atoms with van der Waals surface area (Å²) in [6, 6.07) is 91.7. The van der Waals surface area contributed by atoms with E-state index in [2.05, 4.69) is 254 Å². The van der Waals surface area contributed by atoms with Crippen molar-refractivity contribution in [2.45, 2.75) is 5.41 Å². The third kappa shape index (κ3) is 5.31. The summed E-state index contributed by atoms with van der Waals surface area (Å²) in [5.41, 5.74) is 20.0. The minimum absolute atomic E-state index is 0.409. The van der Waals surface area contributed by atoms with E-state index in [1.165, 1.54) is 93.5 Å². The van der Waals surface area contributed by atoms with Crippen LogP contribution in [0.2, 0.25) is 0 Å². The first-order chi connectivity index (χ1) is 34.2. The summed E-state index contributed by atoms with van der Waals surface area (Å²) in [7, 11) is 0. The predicted molar refractivity (Wildman–Crippen MR) is 288 cm³/mol. The van der Waals surface area contributed by atoms with Crippen molar-refractivity contribution < 1.29 is 4.42 Å². The molecule has 15 rings (SSSR count). The molecule has 0 N–H and O–H groups in total. The number of hydrogen-bond donors (Lipinski definition) is 0. The summed E-state index contributed by atoms with van der Waals surface area (Å²) in [4.78, 5) is 2.42. The number of fused-ring (bicyclic) bond motifs is 17. The Labute approximate surface area is 399 Å². The summed E-state index contributed by atoms with van der Waals surface area (Å²) in [5.74, 6) is 0. The first kappa shape index (κ1) is 38.2. The zero-order valence-corrected chi connectivity index (χ0v) is 37.5. The molecule has 0 radical (unpaired) electrons. The van der Waals surface area contributed by atoms with Gasteiger partial charge in [-0.15, -0.1) is 0 Å². The zero-order chi connectivity index (χ0) is 45.2. The fraction of sp³-hybridized carbons (Fsp3) is 0.0149. The van der Waals surface area contributed by atoms with E-state index in [1.807, 2.05) is 0 Å². The van der Waals surface area contributed by atoms with Gasteiger partial charge in [0.25, 0.3) is 0 Å². The lowest BCUT2D eigenvalue weighted by Gasteiger charge is -2.30. The standard InChI is InChI=1S/C67H41NO/c1-2-17-45(18-3-1)68(46-35-39-63-57(41-46)66-49(25-15-31-64(66)69-63)44-34-36-48-43(40-44)33-32-42-16-4-5-19-47(42)48)62-38-37-51(50-20-6-7-23-54(50)62)55-26-14-30-61-65(55)56-24-10-13-29-60(56)67(61)58-27-11-8-21-52(58)53-22-9-12-28-59(53)67/h1-41H. The summed E-state index contributed by atoms with van der Waals surface area (Å²) in [6.45, 7) is 0. The molecule has 1 heterocycles. The van der Waals surface area contributed by atoms with E-state index >= 15 is 0 Å². The molecule has 0 atom stereocenters. The molecule has 0 bridgehead atoms. The van der Waals surface area contributed by atoms with E-state index < -0.39 is 5.41 Å². The average Bonchev–Trinajstić information content (AvgIpc) is 4.05. The highest BCUT2D eigenvalue weighted by Crippen LogP contribution is 2.64. The summed E-state index contributed by atoms with van der Waals surface area (Å²) >= 11 is 0. The number of rotatable bonds is 5. The Morgan fingerprint density at radius 2 is 0.913 bits per heavy atom. The molecule has 0 aliphatic heterocycles. The van der Waals surface area contributed by atoms with Crippen molar-refractivity contribution >= 4 is 71.3 Å². The first-order valence-electron chi connectivity index (χ1n) is 23.9. The number of nitrogens with zero attached hydrogens (tertiary/aromatic N) is 1. The maximum absolute atomic E-state index is 6.66. The highest BCUT2D eigenvalue weighted by atomic mass is 16.3. The minimum Gasteiger partial charge on any atom is -0.456 e. The Kier molecular flexibility index (Phi) is 8.02. The van der Waals surface area contributed by atoms with Gasteiger partial charge < -0.3 is 9.32 Å². The SMILES string of the molecule is c1ccc(N(c2ccc3oc4cccc(-c5ccc6c(ccc7ccccc76)c5)c4c3c2)c2ccc(-c3cccc4c3-c3ccccc3C43c4ccccc4-c4ccccc43)c3ccccc23)cc1. The summed E-state index contributed by atoms with van der Waals surface area (Å²) in [6.07, 6.45) is 0. The lowest BCUT2D eigenvalue weighted by Crippen LogP contribution is -2.25. The van der Waals surface area contributed by atoms with Gasteiger partial charge in [0.1, 0.15) is 11.2 Å². The summed E-state index contributed by atoms with van der Waals surface area (Å²) in [5, 5.41) is 9.59. The molecule has 1 spiro atoms. The monoisotopic (exact) mass is 875 g/mol. The normalized spacial score (nSPS) is 13.0. The summed E-state index contributed by atoms with van der Waals surface area (Å²) < 4.78 is 6.66. The van der Waals surface area contributed by atoms with Crippen molar-refractivity contribution in [3.05, 3.63) is 271 Å². The lowest BCUT2D eigenvalue weighted by atomic mass is 9.70. The Morgan fingerprint density at radius 1 is 0.304 bits per heavy atom. The van der Waals surface area contributed by atoms with Gasteiger partial charge in [-0.3, -0.25) is 0 Å². The Bertz CT molecular complexity index is 4230. The highest BCUT2D eigenvalue weighted by molar-refractivity contribution is 6.16. The molecule has 12 aromatic carbocycles. The molecule has 0 fully saturated rings. The molecule has 2 nitrogen and oxygen atoms in total. The Balaban J connectivity index is 0.919. The van der Waals surface area contributed by atoms with Gasteiger partial charge in [-0.2, -0.15) is 0 Å². The van der Waals surface area contributed by atoms with Crippen LogP contribution in [0.5, 0.6) is 0 Å². The quantitative estimate of drug-likeness (QED) is 0.160. The van der Waals surface area contributed by atoms with Crippen LogP contribution in [0.15, 0.2) is 253 Å². The zero-order valence-electron chi connectivity index (χ0n) is 37.5. The van der Waals surface area contributed by atoms with Crippen LogP contribution in [-0.4, -0.2) is 0 Å². The van der Waals surface area contributed by atoms with E-state index in [0.717, 1.165) is 44.6 Å². The number of furan rings is 1. The van der Waals surface area contributed by atoms with Gasteiger partial charge in [-0.1, -0.05) is 200 Å². The van der Waals surface area contributed by atoms with Crippen molar-refractivity contribution in [3.63, 3.8) is 0 Å². The molecule has 13 aromatic rings. The Hall–Kier alpha value is -8.98. The van der Waals surface area contributed by atoms with Crippen molar-refractivity contribution in [3.8, 4) is 44.5 Å². The molecule has 0 saturated carbocycles. The van der Waals surface area contributed by atoms with Crippen molar-refractivity contribution in [1.29, 1.82) is 0 Å². The predicted octanol–water partition coefficient (Wildman–Crippen LogP) is 18.2. The molecule has 2 heteroatoms. The average molecular weight is 876 g/mol. The number of benzene rings is 12. The van der Waals surface area contributed by atoms with Crippen LogP contribution in [0.3, 0.4) is 0 Å². The van der Waals surface area contributed by atoms with Crippen molar-refractivity contribution in [2.75, 3.05) is 4.90 Å². The van der Waals surface area contributed by atoms with Gasteiger partial charge in [-0.05, 0) is 142 Å². The van der Waals surface area contributed by atoms with Crippen LogP contribution in [0, 0.1) is 0 Å². The lowest BCUT2D eigenvalue weighted by molar-refractivity contribution is 0.669. The van der Waals surface area contributed by atoms with Crippen LogP contribution >= 0.6 is 0 Å². The molecule has 0 saturated heterocycles. The van der Waals surface area contributed by atoms with Crippen LogP contribution in [0.25, 0.3) is 98.8 Å². The van der Waals surface area contributed by atoms with Crippen LogP contribution in [0.4, 0.5) is 17.1 Å². The third-order valence-electron chi connectivity index (χ3n) is 15.3. The number of para-hydroxylation sites is 1. The molecule has 320 valence electrons. The maximum Gasteiger partial charge on any atom is 0.136 e. The van der Waals surface area contributed by atoms with Gasteiger partial charge in [-0.25, -0.2) is 0 Å².